The molecule has 2 rings (SSSR count). The molecule has 1 aromatic heterocycles. The van der Waals surface area contributed by atoms with E-state index in [-0.39, 0.29) is 5.75 Å². The second-order valence-corrected chi connectivity index (χ2v) is 9.54. The molecule has 0 amide bonds. The molecule has 1 heterocycles. The molecule has 27 heavy (non-hydrogen) atoms. The number of benzene rings is 1. The molecule has 0 atom stereocenters. The van der Waals surface area contributed by atoms with Crippen molar-refractivity contribution in [3.05, 3.63) is 35.3 Å². The fourth-order valence-corrected chi connectivity index (χ4v) is 4.18. The largest absolute Gasteiger partial charge is 0.378 e. The van der Waals surface area contributed by atoms with E-state index in [9.17, 15) is 8.42 Å². The Morgan fingerprint density at radius 1 is 1.15 bits per heavy atom. The van der Waals surface area contributed by atoms with Crippen LogP contribution in [0.4, 0.5) is 16.5 Å². The molecule has 0 unspecified atom stereocenters. The Balaban J connectivity index is 1.82. The van der Waals surface area contributed by atoms with Crippen molar-refractivity contribution in [2.75, 3.05) is 49.2 Å². The number of aromatic nitrogens is 1. The zero-order valence-electron chi connectivity index (χ0n) is 16.4. The van der Waals surface area contributed by atoms with Crippen LogP contribution in [-0.4, -0.2) is 42.0 Å². The van der Waals surface area contributed by atoms with Crippen molar-refractivity contribution in [2.24, 2.45) is 0 Å². The Bertz CT molecular complexity index is 818. The summed E-state index contributed by atoms with van der Waals surface area (Å²) < 4.78 is 29.3. The smallest absolute Gasteiger partial charge is 0.335 e. The van der Waals surface area contributed by atoms with Crippen molar-refractivity contribution >= 4 is 38.0 Å². The lowest BCUT2D eigenvalue weighted by Crippen LogP contribution is -2.35. The first kappa shape index (κ1) is 21.5. The molecule has 0 fully saturated rings. The van der Waals surface area contributed by atoms with Gasteiger partial charge in [0, 0.05) is 30.3 Å². The second kappa shape index (κ2) is 9.91. The van der Waals surface area contributed by atoms with Crippen LogP contribution in [0.3, 0.4) is 0 Å². The third-order valence-electron chi connectivity index (χ3n) is 4.07. The second-order valence-electron chi connectivity index (χ2n) is 6.45. The average Bonchev–Trinajstić information content (AvgIpc) is 2.99. The molecular formula is C18H29N4O3S2+. The molecule has 0 aliphatic carbocycles. The van der Waals surface area contributed by atoms with Gasteiger partial charge in [-0.25, -0.2) is 9.88 Å². The highest BCUT2D eigenvalue weighted by Gasteiger charge is 2.14. The van der Waals surface area contributed by atoms with Crippen molar-refractivity contribution in [2.45, 2.75) is 26.3 Å². The summed E-state index contributed by atoms with van der Waals surface area (Å²) in [7, 11) is 1.88. The number of unbranched alkanes of at least 4 members (excludes halogenated alkanes) is 1. The van der Waals surface area contributed by atoms with Gasteiger partial charge in [-0.2, -0.15) is 8.42 Å². The number of rotatable bonds is 11. The molecular weight excluding hydrogens is 384 g/mol. The van der Waals surface area contributed by atoms with E-state index >= 15 is 0 Å². The first-order chi connectivity index (χ1) is 12.8. The first-order valence-electron chi connectivity index (χ1n) is 8.84. The van der Waals surface area contributed by atoms with Crippen molar-refractivity contribution in [1.82, 2.24) is 0 Å². The molecule has 0 spiro atoms. The number of nitrogens with zero attached hydrogens (tertiary/aromatic N) is 2. The molecule has 150 valence electrons. The van der Waals surface area contributed by atoms with Gasteiger partial charge in [-0.15, -0.1) is 0 Å². The minimum atomic E-state index is -3.37. The lowest BCUT2D eigenvalue weighted by atomic mass is 10.2. The van der Waals surface area contributed by atoms with Crippen LogP contribution in [0.1, 0.15) is 17.7 Å². The van der Waals surface area contributed by atoms with Crippen LogP contribution in [0.25, 0.3) is 0 Å². The van der Waals surface area contributed by atoms with E-state index in [2.05, 4.69) is 61.7 Å². The lowest BCUT2D eigenvalue weighted by Gasteiger charge is -2.13. The van der Waals surface area contributed by atoms with Crippen molar-refractivity contribution < 1.29 is 17.2 Å². The summed E-state index contributed by atoms with van der Waals surface area (Å²) in [6.07, 6.45) is 3.44. The van der Waals surface area contributed by atoms with E-state index < -0.39 is 10.1 Å². The van der Waals surface area contributed by atoms with Gasteiger partial charge in [-0.1, -0.05) is 11.3 Å². The third kappa shape index (κ3) is 7.00. The summed E-state index contributed by atoms with van der Waals surface area (Å²) >= 11 is 1.69. The zero-order valence-corrected chi connectivity index (χ0v) is 18.0. The topological polar surface area (TPSA) is 74.5 Å². The number of thiazole rings is 1. The van der Waals surface area contributed by atoms with Gasteiger partial charge in [0.25, 0.3) is 10.1 Å². The fourth-order valence-electron chi connectivity index (χ4n) is 2.56. The number of hydrogen-bond acceptors (Lipinski definition) is 7. The number of anilines is 3. The van der Waals surface area contributed by atoms with Crippen LogP contribution < -0.4 is 20.1 Å². The Morgan fingerprint density at radius 3 is 2.48 bits per heavy atom. The van der Waals surface area contributed by atoms with Gasteiger partial charge in [0.05, 0.1) is 19.4 Å². The highest BCUT2D eigenvalue weighted by atomic mass is 32.2. The van der Waals surface area contributed by atoms with Gasteiger partial charge in [0.1, 0.15) is 6.20 Å². The van der Waals surface area contributed by atoms with Crippen LogP contribution in [-0.2, 0) is 20.8 Å². The SMILES string of the molecule is COS(=O)(=O)CCCC[n+]1cc(C)sc1NCNc1ccc(N(C)C)cc1. The van der Waals surface area contributed by atoms with Crippen LogP contribution in [0.15, 0.2) is 30.5 Å². The Labute approximate surface area is 166 Å². The van der Waals surface area contributed by atoms with Gasteiger partial charge in [0.15, 0.2) is 6.67 Å². The maximum absolute atomic E-state index is 11.4. The molecule has 0 aliphatic heterocycles. The van der Waals surface area contributed by atoms with E-state index in [0.29, 0.717) is 13.1 Å². The van der Waals surface area contributed by atoms with E-state index in [1.165, 1.54) is 12.0 Å². The standard InChI is InChI=1S/C18H28N4O3S2/c1-15-13-22(11-5-6-12-27(23,24)25-4)18(26-15)20-14-19-16-7-9-17(10-8-16)21(2)3/h7-10,13,19H,5-6,11-12,14H2,1-4H3/p+1. The summed E-state index contributed by atoms with van der Waals surface area (Å²) in [6, 6.07) is 8.26. The Hall–Kier alpha value is -1.84. The number of aryl methyl sites for hydroxylation is 2. The van der Waals surface area contributed by atoms with Crippen molar-refractivity contribution in [1.29, 1.82) is 0 Å². The molecule has 1 aromatic carbocycles. The molecule has 7 nitrogen and oxygen atoms in total. The number of nitrogens with one attached hydrogen (secondary N) is 2. The predicted molar refractivity (Wildman–Crippen MR) is 112 cm³/mol. The van der Waals surface area contributed by atoms with E-state index in [0.717, 1.165) is 29.5 Å². The Morgan fingerprint density at radius 2 is 1.85 bits per heavy atom. The van der Waals surface area contributed by atoms with Crippen LogP contribution in [0.5, 0.6) is 0 Å². The van der Waals surface area contributed by atoms with E-state index in [4.69, 9.17) is 0 Å². The van der Waals surface area contributed by atoms with Crippen LogP contribution >= 0.6 is 11.3 Å². The van der Waals surface area contributed by atoms with Gasteiger partial charge < -0.3 is 10.2 Å². The lowest BCUT2D eigenvalue weighted by molar-refractivity contribution is -0.679. The van der Waals surface area contributed by atoms with Gasteiger partial charge in [-0.05, 0) is 44.0 Å². The van der Waals surface area contributed by atoms with Gasteiger partial charge in [-0.3, -0.25) is 4.18 Å². The highest BCUT2D eigenvalue weighted by Crippen LogP contribution is 2.17. The highest BCUT2D eigenvalue weighted by molar-refractivity contribution is 7.86. The maximum Gasteiger partial charge on any atom is 0.335 e. The van der Waals surface area contributed by atoms with Gasteiger partial charge >= 0.3 is 5.13 Å². The third-order valence-corrected chi connectivity index (χ3v) is 6.37. The minimum Gasteiger partial charge on any atom is -0.378 e. The predicted octanol–water partition coefficient (Wildman–Crippen LogP) is 2.65. The van der Waals surface area contributed by atoms with Crippen LogP contribution in [0, 0.1) is 6.92 Å². The molecule has 0 bridgehead atoms. The molecule has 2 aromatic rings. The number of hydrogen-bond donors (Lipinski definition) is 2. The van der Waals surface area contributed by atoms with E-state index in [1.54, 1.807) is 11.3 Å². The van der Waals surface area contributed by atoms with Gasteiger partial charge in [0.2, 0.25) is 0 Å². The summed E-state index contributed by atoms with van der Waals surface area (Å²) in [5, 5.41) is 7.82. The van der Waals surface area contributed by atoms with Crippen LogP contribution in [0.2, 0.25) is 0 Å². The molecule has 9 heteroatoms. The summed E-state index contributed by atoms with van der Waals surface area (Å²) in [6.45, 7) is 3.44. The molecule has 0 aliphatic rings. The summed E-state index contributed by atoms with van der Waals surface area (Å²) in [5.74, 6) is 0.0560. The molecule has 2 N–H and O–H groups in total. The minimum absolute atomic E-state index is 0.0560. The summed E-state index contributed by atoms with van der Waals surface area (Å²) in [4.78, 5) is 3.27. The zero-order chi connectivity index (χ0) is 19.9. The quantitative estimate of drug-likeness (QED) is 0.255. The molecule has 0 saturated heterocycles. The monoisotopic (exact) mass is 413 g/mol. The molecule has 0 radical (unpaired) electrons. The fraction of sp³-hybridized carbons (Fsp3) is 0.500. The van der Waals surface area contributed by atoms with E-state index in [1.807, 2.05) is 14.1 Å². The normalized spacial score (nSPS) is 11.4. The van der Waals surface area contributed by atoms with Crippen molar-refractivity contribution in [3.8, 4) is 0 Å². The van der Waals surface area contributed by atoms with Crippen molar-refractivity contribution in [3.63, 3.8) is 0 Å². The molecule has 0 saturated carbocycles. The first-order valence-corrected chi connectivity index (χ1v) is 11.2. The Kier molecular flexibility index (Phi) is 7.88. The maximum atomic E-state index is 11.4. The summed E-state index contributed by atoms with van der Waals surface area (Å²) in [5.41, 5.74) is 2.22. The average molecular weight is 414 g/mol.